The molecule has 0 aliphatic carbocycles. The van der Waals surface area contributed by atoms with Crippen molar-refractivity contribution in [3.05, 3.63) is 71.8 Å². The van der Waals surface area contributed by atoms with Crippen molar-refractivity contribution in [3.8, 4) is 0 Å². The summed E-state index contributed by atoms with van der Waals surface area (Å²) in [6, 6.07) is 19.4. The highest BCUT2D eigenvalue weighted by molar-refractivity contribution is 5.82. The second-order valence-electron chi connectivity index (χ2n) is 4.78. The first-order chi connectivity index (χ1) is 10.7. The predicted molar refractivity (Wildman–Crippen MR) is 86.0 cm³/mol. The Balaban J connectivity index is 1.68. The fourth-order valence-electron chi connectivity index (χ4n) is 1.86. The van der Waals surface area contributed by atoms with E-state index in [0.717, 1.165) is 11.1 Å². The number of nitrogens with zero attached hydrogens (tertiary/aromatic N) is 1. The van der Waals surface area contributed by atoms with Gasteiger partial charge < -0.3 is 15.9 Å². The molecule has 5 heteroatoms. The van der Waals surface area contributed by atoms with E-state index < -0.39 is 0 Å². The fraction of sp³-hybridized carbons (Fsp3) is 0.176. The highest BCUT2D eigenvalue weighted by Gasteiger charge is 2.02. The number of rotatable bonds is 7. The van der Waals surface area contributed by atoms with Crippen molar-refractivity contribution >= 4 is 11.7 Å². The van der Waals surface area contributed by atoms with Crippen molar-refractivity contribution in [1.29, 1.82) is 0 Å². The number of benzene rings is 2. The molecule has 0 aromatic heterocycles. The molecule has 0 unspecified atom stereocenters. The van der Waals surface area contributed by atoms with Crippen molar-refractivity contribution in [2.24, 2.45) is 10.9 Å². The number of amides is 1. The van der Waals surface area contributed by atoms with Crippen LogP contribution in [0.2, 0.25) is 0 Å². The van der Waals surface area contributed by atoms with E-state index in [4.69, 9.17) is 10.6 Å². The van der Waals surface area contributed by atoms with E-state index in [1.54, 1.807) is 0 Å². The summed E-state index contributed by atoms with van der Waals surface area (Å²) in [5.74, 6) is 0.0992. The Morgan fingerprint density at radius 1 is 1.00 bits per heavy atom. The Morgan fingerprint density at radius 2 is 1.59 bits per heavy atom. The lowest BCUT2D eigenvalue weighted by Crippen LogP contribution is -2.27. The SMILES string of the molecule is N/C(Cc1ccccc1)=N\OCC(=O)NCc1ccccc1. The van der Waals surface area contributed by atoms with Gasteiger partial charge in [0, 0.05) is 13.0 Å². The topological polar surface area (TPSA) is 76.7 Å². The van der Waals surface area contributed by atoms with Crippen molar-refractivity contribution in [3.63, 3.8) is 0 Å². The Kier molecular flexibility index (Phi) is 5.99. The van der Waals surface area contributed by atoms with Gasteiger partial charge >= 0.3 is 0 Å². The Bertz CT molecular complexity index is 612. The third kappa shape index (κ3) is 5.66. The first-order valence-electron chi connectivity index (χ1n) is 7.03. The quantitative estimate of drug-likeness (QED) is 0.465. The van der Waals surface area contributed by atoms with Gasteiger partial charge in [-0.25, -0.2) is 0 Å². The molecule has 0 aliphatic heterocycles. The van der Waals surface area contributed by atoms with Gasteiger partial charge in [0.05, 0.1) is 0 Å². The van der Waals surface area contributed by atoms with Crippen LogP contribution < -0.4 is 11.1 Å². The lowest BCUT2D eigenvalue weighted by atomic mass is 10.1. The van der Waals surface area contributed by atoms with Crippen LogP contribution in [0.5, 0.6) is 0 Å². The Labute approximate surface area is 129 Å². The number of nitrogens with two attached hydrogens (primary N) is 1. The van der Waals surface area contributed by atoms with E-state index in [-0.39, 0.29) is 12.5 Å². The first kappa shape index (κ1) is 15.6. The molecule has 0 radical (unpaired) electrons. The number of hydrogen-bond donors (Lipinski definition) is 2. The smallest absolute Gasteiger partial charge is 0.261 e. The third-order valence-electron chi connectivity index (χ3n) is 2.94. The third-order valence-corrected chi connectivity index (χ3v) is 2.94. The van der Waals surface area contributed by atoms with Gasteiger partial charge in [-0.2, -0.15) is 0 Å². The number of carbonyl (C=O) groups excluding carboxylic acids is 1. The van der Waals surface area contributed by atoms with Gasteiger partial charge in [0.15, 0.2) is 6.61 Å². The van der Waals surface area contributed by atoms with Gasteiger partial charge in [0.1, 0.15) is 5.84 Å². The molecule has 0 aliphatic rings. The molecule has 3 N–H and O–H groups in total. The van der Waals surface area contributed by atoms with Crippen LogP contribution in [0.4, 0.5) is 0 Å². The van der Waals surface area contributed by atoms with Crippen LogP contribution >= 0.6 is 0 Å². The molecule has 0 fully saturated rings. The molecule has 2 rings (SSSR count). The average molecular weight is 297 g/mol. The lowest BCUT2D eigenvalue weighted by molar-refractivity contribution is -0.125. The number of hydrogen-bond acceptors (Lipinski definition) is 3. The summed E-state index contributed by atoms with van der Waals surface area (Å²) >= 11 is 0. The van der Waals surface area contributed by atoms with E-state index in [2.05, 4.69) is 10.5 Å². The van der Waals surface area contributed by atoms with Crippen molar-refractivity contribution in [1.82, 2.24) is 5.32 Å². The number of carbonyl (C=O) groups is 1. The summed E-state index contributed by atoms with van der Waals surface area (Å²) in [6.07, 6.45) is 0.493. The molecule has 0 spiro atoms. The summed E-state index contributed by atoms with van der Waals surface area (Å²) < 4.78 is 0. The highest BCUT2D eigenvalue weighted by atomic mass is 16.6. The van der Waals surface area contributed by atoms with E-state index in [9.17, 15) is 4.79 Å². The molecule has 2 aromatic carbocycles. The van der Waals surface area contributed by atoms with Crippen LogP contribution in [0.1, 0.15) is 11.1 Å². The maximum absolute atomic E-state index is 11.6. The predicted octanol–water partition coefficient (Wildman–Crippen LogP) is 1.83. The number of amidine groups is 1. The number of nitrogens with one attached hydrogen (secondary N) is 1. The van der Waals surface area contributed by atoms with Gasteiger partial charge in [-0.05, 0) is 11.1 Å². The monoisotopic (exact) mass is 297 g/mol. The van der Waals surface area contributed by atoms with Gasteiger partial charge in [-0.15, -0.1) is 0 Å². The summed E-state index contributed by atoms with van der Waals surface area (Å²) in [5, 5.41) is 6.50. The van der Waals surface area contributed by atoms with Crippen LogP contribution in [0.25, 0.3) is 0 Å². The van der Waals surface area contributed by atoms with E-state index in [1.165, 1.54) is 0 Å². The van der Waals surface area contributed by atoms with Gasteiger partial charge in [-0.3, -0.25) is 4.79 Å². The first-order valence-corrected chi connectivity index (χ1v) is 7.03. The van der Waals surface area contributed by atoms with Crippen molar-refractivity contribution in [2.45, 2.75) is 13.0 Å². The minimum Gasteiger partial charge on any atom is -0.384 e. The maximum atomic E-state index is 11.6. The second-order valence-corrected chi connectivity index (χ2v) is 4.78. The Hall–Kier alpha value is -2.82. The summed E-state index contributed by atoms with van der Waals surface area (Å²) in [7, 11) is 0. The summed E-state index contributed by atoms with van der Waals surface area (Å²) in [5.41, 5.74) is 7.82. The molecule has 1 amide bonds. The largest absolute Gasteiger partial charge is 0.384 e. The molecule has 0 saturated carbocycles. The van der Waals surface area contributed by atoms with Crippen LogP contribution in [0.3, 0.4) is 0 Å². The normalized spacial score (nSPS) is 11.0. The molecule has 0 bridgehead atoms. The molecule has 0 saturated heterocycles. The Morgan fingerprint density at radius 3 is 2.23 bits per heavy atom. The van der Waals surface area contributed by atoms with Crippen molar-refractivity contribution in [2.75, 3.05) is 6.61 Å². The zero-order valence-electron chi connectivity index (χ0n) is 12.2. The molecule has 0 heterocycles. The summed E-state index contributed by atoms with van der Waals surface area (Å²) in [4.78, 5) is 16.6. The molecule has 2 aromatic rings. The number of oxime groups is 1. The van der Waals surface area contributed by atoms with E-state index >= 15 is 0 Å². The molecule has 22 heavy (non-hydrogen) atoms. The highest BCUT2D eigenvalue weighted by Crippen LogP contribution is 1.99. The maximum Gasteiger partial charge on any atom is 0.261 e. The van der Waals surface area contributed by atoms with Crippen LogP contribution in [-0.2, 0) is 22.6 Å². The van der Waals surface area contributed by atoms with E-state index in [0.29, 0.717) is 18.8 Å². The minimum atomic E-state index is -0.236. The van der Waals surface area contributed by atoms with Crippen LogP contribution in [0.15, 0.2) is 65.8 Å². The molecular weight excluding hydrogens is 278 g/mol. The zero-order valence-corrected chi connectivity index (χ0v) is 12.2. The molecule has 0 atom stereocenters. The zero-order chi connectivity index (χ0) is 15.6. The molecular formula is C17H19N3O2. The average Bonchev–Trinajstić information content (AvgIpc) is 2.55. The fourth-order valence-corrected chi connectivity index (χ4v) is 1.86. The van der Waals surface area contributed by atoms with E-state index in [1.807, 2.05) is 60.7 Å². The van der Waals surface area contributed by atoms with Crippen LogP contribution in [-0.4, -0.2) is 18.3 Å². The molecule has 114 valence electrons. The minimum absolute atomic E-state index is 0.150. The summed E-state index contributed by atoms with van der Waals surface area (Å²) in [6.45, 7) is 0.314. The second kappa shape index (κ2) is 8.46. The van der Waals surface area contributed by atoms with Crippen molar-refractivity contribution < 1.29 is 9.63 Å². The lowest BCUT2D eigenvalue weighted by Gasteiger charge is -2.05. The van der Waals surface area contributed by atoms with Crippen LogP contribution in [0, 0.1) is 0 Å². The van der Waals surface area contributed by atoms with Gasteiger partial charge in [-0.1, -0.05) is 65.8 Å². The van der Waals surface area contributed by atoms with Gasteiger partial charge in [0.2, 0.25) is 0 Å². The van der Waals surface area contributed by atoms with Gasteiger partial charge in [0.25, 0.3) is 5.91 Å². The standard InChI is InChI=1S/C17H19N3O2/c18-16(11-14-7-3-1-4-8-14)20-22-13-17(21)19-12-15-9-5-2-6-10-15/h1-10H,11-13H2,(H2,18,20)(H,19,21). The molecule has 5 nitrogen and oxygen atoms in total.